The fraction of sp³-hybridized carbons (Fsp3) is 0.556. The van der Waals surface area contributed by atoms with Crippen LogP contribution in [0.1, 0.15) is 23.9 Å². The molecule has 8 nitrogen and oxygen atoms in total. The summed E-state index contributed by atoms with van der Waals surface area (Å²) in [6.07, 6.45) is 1.12. The molecule has 0 bridgehead atoms. The Labute approximate surface area is 158 Å². The monoisotopic (exact) mass is 378 g/mol. The van der Waals surface area contributed by atoms with E-state index < -0.39 is 6.04 Å². The minimum absolute atomic E-state index is 0.186. The van der Waals surface area contributed by atoms with Gasteiger partial charge < -0.3 is 15.0 Å². The third kappa shape index (κ3) is 6.69. The normalized spacial score (nSPS) is 12.3. The lowest BCUT2D eigenvalue weighted by atomic mass is 10.0. The first kappa shape index (κ1) is 20.9. The van der Waals surface area contributed by atoms with Crippen LogP contribution in [0, 0.1) is 12.7 Å². The van der Waals surface area contributed by atoms with Crippen molar-refractivity contribution in [1.29, 1.82) is 0 Å². The van der Waals surface area contributed by atoms with Crippen LogP contribution < -0.4 is 5.32 Å². The van der Waals surface area contributed by atoms with E-state index >= 15 is 0 Å². The Balaban J connectivity index is 1.95. The maximum absolute atomic E-state index is 13.5. The number of nitrogens with zero attached hydrogens (tertiary/aromatic N) is 5. The molecular weight excluding hydrogens is 351 g/mol. The molecule has 9 heteroatoms. The molecule has 1 amide bonds. The number of likely N-dealkylation sites (N-methyl/N-ethyl adjacent to an activating group) is 1. The average Bonchev–Trinajstić information content (AvgIpc) is 3.07. The summed E-state index contributed by atoms with van der Waals surface area (Å²) in [5.41, 5.74) is 0.712. The van der Waals surface area contributed by atoms with Gasteiger partial charge >= 0.3 is 0 Å². The number of benzene rings is 1. The molecule has 1 aromatic heterocycles. The third-order valence-corrected chi connectivity index (χ3v) is 4.27. The van der Waals surface area contributed by atoms with E-state index in [4.69, 9.17) is 4.74 Å². The Morgan fingerprint density at radius 1 is 1.41 bits per heavy atom. The standard InChI is InChI=1S/C18H27FN6O2/c1-14-21-22-23-25(14)17(13-15-6-4-7-16(19)12-15)18(26)20-8-5-9-24(2)10-11-27-3/h4,6-7,12,17H,5,8-11,13H2,1-3H3,(H,20,26). The van der Waals surface area contributed by atoms with Crippen LogP contribution in [0.3, 0.4) is 0 Å². The second kappa shape index (κ2) is 10.7. The van der Waals surface area contributed by atoms with E-state index in [0.29, 0.717) is 31.0 Å². The highest BCUT2D eigenvalue weighted by Crippen LogP contribution is 2.16. The maximum Gasteiger partial charge on any atom is 0.245 e. The highest BCUT2D eigenvalue weighted by molar-refractivity contribution is 5.80. The van der Waals surface area contributed by atoms with Crippen LogP contribution >= 0.6 is 0 Å². The fourth-order valence-corrected chi connectivity index (χ4v) is 2.74. The molecule has 1 atom stereocenters. The second-order valence-electron chi connectivity index (χ2n) is 6.46. The van der Waals surface area contributed by atoms with E-state index in [1.54, 1.807) is 26.2 Å². The minimum Gasteiger partial charge on any atom is -0.383 e. The van der Waals surface area contributed by atoms with Gasteiger partial charge in [0.15, 0.2) is 0 Å². The van der Waals surface area contributed by atoms with E-state index in [9.17, 15) is 9.18 Å². The van der Waals surface area contributed by atoms with Crippen molar-refractivity contribution in [3.63, 3.8) is 0 Å². The zero-order valence-electron chi connectivity index (χ0n) is 16.1. The van der Waals surface area contributed by atoms with Gasteiger partial charge in [0.25, 0.3) is 0 Å². The lowest BCUT2D eigenvalue weighted by molar-refractivity contribution is -0.124. The zero-order valence-corrected chi connectivity index (χ0v) is 16.1. The first-order valence-corrected chi connectivity index (χ1v) is 8.95. The number of tetrazole rings is 1. The smallest absolute Gasteiger partial charge is 0.245 e. The van der Waals surface area contributed by atoms with E-state index in [2.05, 4.69) is 25.7 Å². The summed E-state index contributed by atoms with van der Waals surface area (Å²) in [6.45, 7) is 4.64. The van der Waals surface area contributed by atoms with Crippen molar-refractivity contribution in [2.24, 2.45) is 0 Å². The van der Waals surface area contributed by atoms with E-state index in [1.165, 1.54) is 16.8 Å². The summed E-state index contributed by atoms with van der Waals surface area (Å²) in [4.78, 5) is 14.9. The van der Waals surface area contributed by atoms with Gasteiger partial charge in [-0.15, -0.1) is 5.10 Å². The van der Waals surface area contributed by atoms with Crippen molar-refractivity contribution in [2.75, 3.05) is 40.4 Å². The number of amides is 1. The number of rotatable bonds is 11. The molecule has 2 rings (SSSR count). The van der Waals surface area contributed by atoms with Gasteiger partial charge in [-0.25, -0.2) is 9.07 Å². The molecule has 2 aromatic rings. The number of hydrogen-bond donors (Lipinski definition) is 1. The second-order valence-corrected chi connectivity index (χ2v) is 6.46. The Morgan fingerprint density at radius 3 is 2.89 bits per heavy atom. The molecule has 148 valence electrons. The SMILES string of the molecule is COCCN(C)CCCNC(=O)C(Cc1cccc(F)c1)n1nnnc1C. The highest BCUT2D eigenvalue weighted by atomic mass is 19.1. The van der Waals surface area contributed by atoms with Crippen molar-refractivity contribution < 1.29 is 13.9 Å². The summed E-state index contributed by atoms with van der Waals surface area (Å²) in [6, 6.07) is 5.58. The van der Waals surface area contributed by atoms with Crippen LogP contribution in [-0.2, 0) is 16.0 Å². The van der Waals surface area contributed by atoms with Crippen molar-refractivity contribution in [3.8, 4) is 0 Å². The van der Waals surface area contributed by atoms with Crippen molar-refractivity contribution in [1.82, 2.24) is 30.4 Å². The molecule has 0 spiro atoms. The molecule has 0 aliphatic carbocycles. The zero-order chi connectivity index (χ0) is 19.6. The van der Waals surface area contributed by atoms with Gasteiger partial charge in [-0.2, -0.15) is 0 Å². The Kier molecular flexibility index (Phi) is 8.28. The van der Waals surface area contributed by atoms with Crippen LogP contribution in [0.25, 0.3) is 0 Å². The number of methoxy groups -OCH3 is 1. The molecule has 1 unspecified atom stereocenters. The predicted octanol–water partition coefficient (Wildman–Crippen LogP) is 0.989. The molecule has 0 saturated carbocycles. The Bertz CT molecular complexity index is 723. The number of ether oxygens (including phenoxy) is 1. The van der Waals surface area contributed by atoms with Gasteiger partial charge in [0, 0.05) is 26.6 Å². The molecule has 1 heterocycles. The lowest BCUT2D eigenvalue weighted by Gasteiger charge is -2.19. The number of halogens is 1. The molecule has 0 fully saturated rings. The molecule has 1 aromatic carbocycles. The topological polar surface area (TPSA) is 85.2 Å². The fourth-order valence-electron chi connectivity index (χ4n) is 2.74. The lowest BCUT2D eigenvalue weighted by Crippen LogP contribution is -2.36. The first-order valence-electron chi connectivity index (χ1n) is 8.95. The maximum atomic E-state index is 13.5. The summed E-state index contributed by atoms with van der Waals surface area (Å²) >= 11 is 0. The summed E-state index contributed by atoms with van der Waals surface area (Å²) < 4.78 is 20.0. The van der Waals surface area contributed by atoms with Crippen molar-refractivity contribution >= 4 is 5.91 Å². The molecule has 27 heavy (non-hydrogen) atoms. The van der Waals surface area contributed by atoms with Crippen LogP contribution in [0.2, 0.25) is 0 Å². The molecular formula is C18H27FN6O2. The quantitative estimate of drug-likeness (QED) is 0.587. The molecule has 0 aliphatic heterocycles. The number of nitrogens with one attached hydrogen (secondary N) is 1. The summed E-state index contributed by atoms with van der Waals surface area (Å²) in [5.74, 6) is 0.0132. The number of hydrogen-bond acceptors (Lipinski definition) is 6. The van der Waals surface area contributed by atoms with Gasteiger partial charge in [0.05, 0.1) is 6.61 Å². The van der Waals surface area contributed by atoms with Crippen LogP contribution in [-0.4, -0.2) is 71.4 Å². The van der Waals surface area contributed by atoms with Crippen molar-refractivity contribution in [3.05, 3.63) is 41.5 Å². The Hall–Kier alpha value is -2.39. The van der Waals surface area contributed by atoms with Gasteiger partial charge in [-0.1, -0.05) is 12.1 Å². The molecule has 0 aliphatic rings. The number of aromatic nitrogens is 4. The van der Waals surface area contributed by atoms with E-state index in [1.807, 2.05) is 7.05 Å². The third-order valence-electron chi connectivity index (χ3n) is 4.27. The minimum atomic E-state index is -0.631. The summed E-state index contributed by atoms with van der Waals surface area (Å²) in [7, 11) is 3.69. The van der Waals surface area contributed by atoms with E-state index in [0.717, 1.165) is 19.5 Å². The summed E-state index contributed by atoms with van der Waals surface area (Å²) in [5, 5.41) is 14.3. The Morgan fingerprint density at radius 2 is 2.22 bits per heavy atom. The van der Waals surface area contributed by atoms with Crippen LogP contribution in [0.4, 0.5) is 4.39 Å². The van der Waals surface area contributed by atoms with Gasteiger partial charge in [-0.05, 0) is 55.1 Å². The van der Waals surface area contributed by atoms with Gasteiger partial charge in [0.2, 0.25) is 5.91 Å². The molecule has 1 N–H and O–H groups in total. The molecule has 0 radical (unpaired) electrons. The number of carbonyl (C=O) groups is 1. The van der Waals surface area contributed by atoms with Gasteiger partial charge in [0.1, 0.15) is 17.7 Å². The van der Waals surface area contributed by atoms with Crippen molar-refractivity contribution in [2.45, 2.75) is 25.8 Å². The highest BCUT2D eigenvalue weighted by Gasteiger charge is 2.24. The number of carbonyl (C=O) groups excluding carboxylic acids is 1. The molecule has 0 saturated heterocycles. The van der Waals surface area contributed by atoms with Gasteiger partial charge in [-0.3, -0.25) is 4.79 Å². The van der Waals surface area contributed by atoms with Crippen LogP contribution in [0.15, 0.2) is 24.3 Å². The predicted molar refractivity (Wildman–Crippen MR) is 98.7 cm³/mol. The largest absolute Gasteiger partial charge is 0.383 e. The first-order chi connectivity index (χ1) is 13.0. The number of aryl methyl sites for hydroxylation is 1. The van der Waals surface area contributed by atoms with E-state index in [-0.39, 0.29) is 11.7 Å². The van der Waals surface area contributed by atoms with Crippen LogP contribution in [0.5, 0.6) is 0 Å². The average molecular weight is 378 g/mol.